The lowest BCUT2D eigenvalue weighted by Gasteiger charge is -2.11. The van der Waals surface area contributed by atoms with Gasteiger partial charge < -0.3 is 10.4 Å². The van der Waals surface area contributed by atoms with Crippen LogP contribution in [0.3, 0.4) is 0 Å². The summed E-state index contributed by atoms with van der Waals surface area (Å²) in [6.07, 6.45) is 1.79. The monoisotopic (exact) mass is 226 g/mol. The molecule has 84 valence electrons. The molecule has 1 aromatic rings. The second kappa shape index (κ2) is 6.82. The highest BCUT2D eigenvalue weighted by molar-refractivity contribution is 7.99. The first-order valence-electron chi connectivity index (χ1n) is 5.20. The zero-order valence-electron chi connectivity index (χ0n) is 9.23. The van der Waals surface area contributed by atoms with Crippen molar-refractivity contribution < 1.29 is 5.11 Å². The summed E-state index contributed by atoms with van der Waals surface area (Å²) >= 11 is 1.62. The normalized spacial score (nSPS) is 12.7. The summed E-state index contributed by atoms with van der Waals surface area (Å²) in [6.45, 7) is 6.05. The van der Waals surface area contributed by atoms with Gasteiger partial charge in [0.15, 0.2) is 0 Å². The number of nitrogens with zero attached hydrogens (tertiary/aromatic N) is 1. The highest BCUT2D eigenvalue weighted by Crippen LogP contribution is 2.24. The van der Waals surface area contributed by atoms with E-state index in [0.717, 1.165) is 18.1 Å². The van der Waals surface area contributed by atoms with Gasteiger partial charge in [0.25, 0.3) is 0 Å². The lowest BCUT2D eigenvalue weighted by Crippen LogP contribution is -2.13. The molecule has 0 fully saturated rings. The Kier molecular flexibility index (Phi) is 5.68. The van der Waals surface area contributed by atoms with E-state index in [-0.39, 0.29) is 11.9 Å². The molecule has 1 atom stereocenters. The quantitative estimate of drug-likeness (QED) is 0.724. The first-order valence-corrected chi connectivity index (χ1v) is 6.08. The van der Waals surface area contributed by atoms with Gasteiger partial charge in [0, 0.05) is 18.0 Å². The molecule has 1 unspecified atom stereocenters. The molecular formula is C11H18N2OS. The van der Waals surface area contributed by atoms with Crippen LogP contribution in [0, 0.1) is 0 Å². The van der Waals surface area contributed by atoms with Gasteiger partial charge in [0.2, 0.25) is 0 Å². The van der Waals surface area contributed by atoms with E-state index in [1.54, 1.807) is 18.0 Å². The van der Waals surface area contributed by atoms with Crippen molar-refractivity contribution in [3.63, 3.8) is 0 Å². The van der Waals surface area contributed by atoms with Crippen molar-refractivity contribution >= 4 is 11.8 Å². The Morgan fingerprint density at radius 3 is 3.07 bits per heavy atom. The molecule has 0 aliphatic carbocycles. The predicted molar refractivity (Wildman–Crippen MR) is 64.0 cm³/mol. The zero-order chi connectivity index (χ0) is 11.1. The van der Waals surface area contributed by atoms with E-state index in [1.807, 2.05) is 13.0 Å². The van der Waals surface area contributed by atoms with E-state index in [9.17, 15) is 0 Å². The third-order valence-corrected chi connectivity index (χ3v) is 3.13. The Hall–Kier alpha value is -0.580. The van der Waals surface area contributed by atoms with Gasteiger partial charge in [-0.15, -0.1) is 11.8 Å². The maximum absolute atomic E-state index is 9.00. The van der Waals surface area contributed by atoms with E-state index in [1.165, 1.54) is 5.56 Å². The smallest absolute Gasteiger partial charge is 0.101 e. The van der Waals surface area contributed by atoms with Crippen LogP contribution in [0.4, 0.5) is 0 Å². The van der Waals surface area contributed by atoms with Crippen molar-refractivity contribution in [2.24, 2.45) is 0 Å². The summed E-state index contributed by atoms with van der Waals surface area (Å²) in [5.74, 6) is 0. The number of hydrogen-bond donors (Lipinski definition) is 2. The van der Waals surface area contributed by atoms with Crippen LogP contribution in [0.5, 0.6) is 0 Å². The third-order valence-electron chi connectivity index (χ3n) is 1.99. The maximum Gasteiger partial charge on any atom is 0.101 e. The van der Waals surface area contributed by atoms with Crippen LogP contribution in [-0.2, 0) is 6.54 Å². The molecule has 0 bridgehead atoms. The van der Waals surface area contributed by atoms with E-state index in [4.69, 9.17) is 5.11 Å². The first-order chi connectivity index (χ1) is 7.27. The fourth-order valence-electron chi connectivity index (χ4n) is 1.15. The summed E-state index contributed by atoms with van der Waals surface area (Å²) in [4.78, 5) is 4.33. The summed E-state index contributed by atoms with van der Waals surface area (Å²) in [7, 11) is 0. The van der Waals surface area contributed by atoms with Gasteiger partial charge in [-0.1, -0.05) is 19.9 Å². The summed E-state index contributed by atoms with van der Waals surface area (Å²) in [6, 6.07) is 4.02. The molecule has 0 amide bonds. The molecule has 1 rings (SSSR count). The van der Waals surface area contributed by atoms with Crippen LogP contribution < -0.4 is 5.32 Å². The lowest BCUT2D eigenvalue weighted by molar-refractivity contribution is 0.300. The van der Waals surface area contributed by atoms with Crippen LogP contribution in [0.25, 0.3) is 0 Å². The maximum atomic E-state index is 9.00. The second-order valence-corrected chi connectivity index (χ2v) is 4.79. The number of rotatable bonds is 6. The number of pyridine rings is 1. The highest BCUT2D eigenvalue weighted by Gasteiger charge is 2.08. The molecule has 0 spiro atoms. The number of nitrogens with one attached hydrogen (secondary N) is 1. The van der Waals surface area contributed by atoms with Gasteiger partial charge in [-0.25, -0.2) is 4.98 Å². The molecule has 0 radical (unpaired) electrons. The van der Waals surface area contributed by atoms with Gasteiger partial charge in [-0.2, -0.15) is 0 Å². The van der Waals surface area contributed by atoms with E-state index < -0.39 is 0 Å². The predicted octanol–water partition coefficient (Wildman–Crippen LogP) is 1.66. The SMILES string of the molecule is CCNCc1cccnc1SC(C)CO. The van der Waals surface area contributed by atoms with Gasteiger partial charge in [0.05, 0.1) is 6.61 Å². The molecule has 2 N–H and O–H groups in total. The minimum Gasteiger partial charge on any atom is -0.395 e. The molecule has 1 heterocycles. The Morgan fingerprint density at radius 2 is 2.40 bits per heavy atom. The summed E-state index contributed by atoms with van der Waals surface area (Å²) in [5.41, 5.74) is 1.20. The standard InChI is InChI=1S/C11H18N2OS/c1-3-12-7-10-5-4-6-13-11(10)15-9(2)8-14/h4-6,9,12,14H,3,7-8H2,1-2H3. The Labute approximate surface area is 95.3 Å². The van der Waals surface area contributed by atoms with Crippen LogP contribution in [0.1, 0.15) is 19.4 Å². The van der Waals surface area contributed by atoms with Gasteiger partial charge in [-0.3, -0.25) is 0 Å². The Morgan fingerprint density at radius 1 is 1.60 bits per heavy atom. The molecule has 0 aliphatic heterocycles. The largest absolute Gasteiger partial charge is 0.395 e. The van der Waals surface area contributed by atoms with Crippen LogP contribution in [-0.4, -0.2) is 28.5 Å². The fourth-order valence-corrected chi connectivity index (χ4v) is 2.02. The van der Waals surface area contributed by atoms with E-state index in [2.05, 4.69) is 23.3 Å². The second-order valence-electron chi connectivity index (χ2n) is 3.36. The lowest BCUT2D eigenvalue weighted by atomic mass is 10.3. The van der Waals surface area contributed by atoms with Crippen LogP contribution in [0.15, 0.2) is 23.4 Å². The molecule has 3 nitrogen and oxygen atoms in total. The average molecular weight is 226 g/mol. The van der Waals surface area contributed by atoms with Crippen molar-refractivity contribution in [3.8, 4) is 0 Å². The van der Waals surface area contributed by atoms with Crippen LogP contribution in [0.2, 0.25) is 0 Å². The number of hydrogen-bond acceptors (Lipinski definition) is 4. The van der Waals surface area contributed by atoms with Crippen LogP contribution >= 0.6 is 11.8 Å². The number of thioether (sulfide) groups is 1. The third kappa shape index (κ3) is 4.20. The molecule has 4 heteroatoms. The van der Waals surface area contributed by atoms with Crippen molar-refractivity contribution in [2.75, 3.05) is 13.2 Å². The fraction of sp³-hybridized carbons (Fsp3) is 0.545. The number of aliphatic hydroxyl groups excluding tert-OH is 1. The molecule has 0 aromatic carbocycles. The summed E-state index contributed by atoms with van der Waals surface area (Å²) < 4.78 is 0. The van der Waals surface area contributed by atoms with E-state index in [0.29, 0.717) is 0 Å². The number of aliphatic hydroxyl groups is 1. The Balaban J connectivity index is 2.67. The van der Waals surface area contributed by atoms with Gasteiger partial charge in [-0.05, 0) is 18.2 Å². The zero-order valence-corrected chi connectivity index (χ0v) is 10.0. The van der Waals surface area contributed by atoms with Crippen molar-refractivity contribution in [1.82, 2.24) is 10.3 Å². The minimum absolute atomic E-state index is 0.182. The molecule has 0 saturated heterocycles. The van der Waals surface area contributed by atoms with E-state index >= 15 is 0 Å². The molecule has 15 heavy (non-hydrogen) atoms. The Bertz CT molecular complexity index is 294. The molecule has 0 aliphatic rings. The van der Waals surface area contributed by atoms with Gasteiger partial charge >= 0.3 is 0 Å². The van der Waals surface area contributed by atoms with Crippen molar-refractivity contribution in [3.05, 3.63) is 23.9 Å². The first kappa shape index (κ1) is 12.5. The van der Waals surface area contributed by atoms with Gasteiger partial charge in [0.1, 0.15) is 5.03 Å². The summed E-state index contributed by atoms with van der Waals surface area (Å²) in [5, 5.41) is 13.5. The highest BCUT2D eigenvalue weighted by atomic mass is 32.2. The van der Waals surface area contributed by atoms with Crippen molar-refractivity contribution in [1.29, 1.82) is 0 Å². The van der Waals surface area contributed by atoms with Crippen molar-refractivity contribution in [2.45, 2.75) is 30.7 Å². The molecule has 1 aromatic heterocycles. The molecular weight excluding hydrogens is 208 g/mol. The topological polar surface area (TPSA) is 45.2 Å². The average Bonchev–Trinajstić information content (AvgIpc) is 2.28. The molecule has 0 saturated carbocycles. The number of aromatic nitrogens is 1. The minimum atomic E-state index is 0.182.